The van der Waals surface area contributed by atoms with Gasteiger partial charge in [-0.25, -0.2) is 9.97 Å². The lowest BCUT2D eigenvalue weighted by Crippen LogP contribution is -2.11. The number of fused-ring (bicyclic) bond motifs is 1. The molecule has 0 spiro atoms. The van der Waals surface area contributed by atoms with Crippen molar-refractivity contribution in [1.82, 2.24) is 14.5 Å². The zero-order valence-electron chi connectivity index (χ0n) is 12.0. The normalized spacial score (nSPS) is 10.8. The van der Waals surface area contributed by atoms with E-state index in [-0.39, 0.29) is 5.91 Å². The summed E-state index contributed by atoms with van der Waals surface area (Å²) in [5.41, 5.74) is 2.10. The second-order valence-corrected chi connectivity index (χ2v) is 5.76. The number of para-hydroxylation sites is 1. The molecule has 0 aliphatic rings. The highest BCUT2D eigenvalue weighted by molar-refractivity contribution is 7.08. The average Bonchev–Trinajstić information content (AvgIpc) is 3.28. The molecule has 0 bridgehead atoms. The zero-order valence-corrected chi connectivity index (χ0v) is 12.8. The van der Waals surface area contributed by atoms with Gasteiger partial charge in [0, 0.05) is 23.2 Å². The Labute approximate surface area is 136 Å². The van der Waals surface area contributed by atoms with Gasteiger partial charge in [-0.2, -0.15) is 11.3 Å². The van der Waals surface area contributed by atoms with E-state index in [1.165, 1.54) is 11.3 Å². The summed E-state index contributed by atoms with van der Waals surface area (Å²) in [5, 5.41) is 7.62. The molecule has 4 rings (SSSR count). The van der Waals surface area contributed by atoms with Gasteiger partial charge in [0.25, 0.3) is 5.91 Å². The van der Waals surface area contributed by atoms with Crippen molar-refractivity contribution in [3.05, 3.63) is 71.4 Å². The summed E-state index contributed by atoms with van der Waals surface area (Å²) in [4.78, 5) is 21.0. The number of carbonyl (C=O) groups is 1. The first-order valence-electron chi connectivity index (χ1n) is 7.03. The molecule has 3 aromatic heterocycles. The minimum atomic E-state index is -0.131. The van der Waals surface area contributed by atoms with Crippen LogP contribution < -0.4 is 5.32 Å². The Morgan fingerprint density at radius 3 is 2.91 bits per heavy atom. The summed E-state index contributed by atoms with van der Waals surface area (Å²) in [7, 11) is 0. The van der Waals surface area contributed by atoms with Gasteiger partial charge in [0.15, 0.2) is 0 Å². The highest BCUT2D eigenvalue weighted by Gasteiger charge is 2.10. The second-order valence-electron chi connectivity index (χ2n) is 4.98. The molecule has 0 unspecified atom stereocenters. The van der Waals surface area contributed by atoms with Gasteiger partial charge in [-0.05, 0) is 29.6 Å². The minimum Gasteiger partial charge on any atom is -0.320 e. The molecule has 1 aromatic carbocycles. The number of pyridine rings is 1. The van der Waals surface area contributed by atoms with Crippen LogP contribution in [0.2, 0.25) is 0 Å². The summed E-state index contributed by atoms with van der Waals surface area (Å²) in [6.07, 6.45) is 5.23. The number of aromatic nitrogens is 3. The van der Waals surface area contributed by atoms with Crippen LogP contribution in [-0.4, -0.2) is 20.4 Å². The lowest BCUT2D eigenvalue weighted by atomic mass is 10.2. The Hall–Kier alpha value is -2.99. The largest absolute Gasteiger partial charge is 0.320 e. The number of rotatable bonds is 3. The fourth-order valence-corrected chi connectivity index (χ4v) is 3.00. The first-order chi connectivity index (χ1) is 11.3. The Kier molecular flexibility index (Phi) is 3.36. The number of thiophene rings is 1. The van der Waals surface area contributed by atoms with Crippen molar-refractivity contribution >= 4 is 33.8 Å². The van der Waals surface area contributed by atoms with Gasteiger partial charge in [0.05, 0.1) is 16.8 Å². The van der Waals surface area contributed by atoms with Crippen LogP contribution in [0.25, 0.3) is 16.7 Å². The summed E-state index contributed by atoms with van der Waals surface area (Å²) in [6, 6.07) is 11.4. The highest BCUT2D eigenvalue weighted by Crippen LogP contribution is 2.23. The number of benzene rings is 1. The van der Waals surface area contributed by atoms with Crippen molar-refractivity contribution in [2.45, 2.75) is 0 Å². The number of nitrogens with one attached hydrogen (secondary N) is 1. The molecule has 5 nitrogen and oxygen atoms in total. The number of hydrogen-bond acceptors (Lipinski definition) is 4. The standard InChI is InChI=1S/C17H12N4OS/c22-17(13-6-9-23-10-13)19-14-3-1-2-12-4-5-15(20-16(12)14)21-8-7-18-11-21/h1-11H,(H,19,22). The van der Waals surface area contributed by atoms with E-state index in [2.05, 4.69) is 15.3 Å². The molecule has 0 aliphatic heterocycles. The Bertz CT molecular complexity index is 962. The van der Waals surface area contributed by atoms with Gasteiger partial charge in [-0.1, -0.05) is 12.1 Å². The maximum Gasteiger partial charge on any atom is 0.256 e. The Balaban J connectivity index is 1.77. The molecular weight excluding hydrogens is 308 g/mol. The predicted octanol–water partition coefficient (Wildman–Crippen LogP) is 3.73. The van der Waals surface area contributed by atoms with Crippen molar-refractivity contribution in [2.24, 2.45) is 0 Å². The summed E-state index contributed by atoms with van der Waals surface area (Å²) < 4.78 is 1.83. The van der Waals surface area contributed by atoms with Crippen LogP contribution in [0.5, 0.6) is 0 Å². The monoisotopic (exact) mass is 320 g/mol. The number of imidazole rings is 1. The zero-order chi connectivity index (χ0) is 15.6. The number of hydrogen-bond donors (Lipinski definition) is 1. The van der Waals surface area contributed by atoms with Crippen LogP contribution in [0.15, 0.2) is 65.9 Å². The van der Waals surface area contributed by atoms with E-state index in [4.69, 9.17) is 0 Å². The minimum absolute atomic E-state index is 0.131. The third-order valence-corrected chi connectivity index (χ3v) is 4.19. The SMILES string of the molecule is O=C(Nc1cccc2ccc(-n3ccnc3)nc12)c1ccsc1. The van der Waals surface area contributed by atoms with E-state index in [1.807, 2.05) is 51.9 Å². The van der Waals surface area contributed by atoms with Crippen molar-refractivity contribution in [3.8, 4) is 5.82 Å². The van der Waals surface area contributed by atoms with Gasteiger partial charge in [-0.15, -0.1) is 0 Å². The maximum absolute atomic E-state index is 12.3. The third-order valence-electron chi connectivity index (χ3n) is 3.51. The molecule has 0 saturated carbocycles. The molecule has 23 heavy (non-hydrogen) atoms. The van der Waals surface area contributed by atoms with Gasteiger partial charge in [0.1, 0.15) is 12.1 Å². The first kappa shape index (κ1) is 13.7. The van der Waals surface area contributed by atoms with Crippen molar-refractivity contribution < 1.29 is 4.79 Å². The molecule has 1 N–H and O–H groups in total. The quantitative estimate of drug-likeness (QED) is 0.625. The molecule has 3 heterocycles. The first-order valence-corrected chi connectivity index (χ1v) is 7.97. The summed E-state index contributed by atoms with van der Waals surface area (Å²) >= 11 is 1.50. The van der Waals surface area contributed by atoms with Crippen LogP contribution in [0.4, 0.5) is 5.69 Å². The van der Waals surface area contributed by atoms with E-state index >= 15 is 0 Å². The van der Waals surface area contributed by atoms with E-state index in [9.17, 15) is 4.79 Å². The number of nitrogens with zero attached hydrogens (tertiary/aromatic N) is 3. The van der Waals surface area contributed by atoms with Crippen molar-refractivity contribution in [3.63, 3.8) is 0 Å². The number of anilines is 1. The van der Waals surface area contributed by atoms with Crippen LogP contribution in [0.1, 0.15) is 10.4 Å². The fraction of sp³-hybridized carbons (Fsp3) is 0. The maximum atomic E-state index is 12.3. The molecule has 4 aromatic rings. The second kappa shape index (κ2) is 5.66. The average molecular weight is 320 g/mol. The van der Waals surface area contributed by atoms with Gasteiger partial charge < -0.3 is 5.32 Å². The molecular formula is C17H12N4OS. The van der Waals surface area contributed by atoms with Gasteiger partial charge in [-0.3, -0.25) is 9.36 Å². The van der Waals surface area contributed by atoms with Crippen LogP contribution in [0, 0.1) is 0 Å². The molecule has 1 amide bonds. The van der Waals surface area contributed by atoms with E-state index in [0.717, 1.165) is 16.7 Å². The lowest BCUT2D eigenvalue weighted by molar-refractivity contribution is 0.102. The molecule has 0 fully saturated rings. The van der Waals surface area contributed by atoms with Crippen LogP contribution in [0.3, 0.4) is 0 Å². The van der Waals surface area contributed by atoms with Crippen molar-refractivity contribution in [1.29, 1.82) is 0 Å². The fourth-order valence-electron chi connectivity index (χ4n) is 2.36. The summed E-state index contributed by atoms with van der Waals surface area (Å²) in [5.74, 6) is 0.626. The van der Waals surface area contributed by atoms with E-state index in [1.54, 1.807) is 18.6 Å². The molecule has 0 radical (unpaired) electrons. The van der Waals surface area contributed by atoms with Gasteiger partial charge >= 0.3 is 0 Å². The molecule has 112 valence electrons. The highest BCUT2D eigenvalue weighted by atomic mass is 32.1. The number of carbonyl (C=O) groups excluding carboxylic acids is 1. The third kappa shape index (κ3) is 2.60. The smallest absolute Gasteiger partial charge is 0.256 e. The molecule has 6 heteroatoms. The molecule has 0 saturated heterocycles. The van der Waals surface area contributed by atoms with Gasteiger partial charge in [0.2, 0.25) is 0 Å². The van der Waals surface area contributed by atoms with Crippen LogP contribution in [-0.2, 0) is 0 Å². The number of amides is 1. The molecule has 0 aliphatic carbocycles. The lowest BCUT2D eigenvalue weighted by Gasteiger charge is -2.09. The molecule has 0 atom stereocenters. The predicted molar refractivity (Wildman–Crippen MR) is 91.1 cm³/mol. The van der Waals surface area contributed by atoms with E-state index < -0.39 is 0 Å². The Morgan fingerprint density at radius 2 is 2.13 bits per heavy atom. The van der Waals surface area contributed by atoms with E-state index in [0.29, 0.717) is 11.3 Å². The van der Waals surface area contributed by atoms with Crippen molar-refractivity contribution in [2.75, 3.05) is 5.32 Å². The Morgan fingerprint density at radius 1 is 1.17 bits per heavy atom. The topological polar surface area (TPSA) is 59.8 Å². The van der Waals surface area contributed by atoms with Crippen LogP contribution >= 0.6 is 11.3 Å². The summed E-state index contributed by atoms with van der Waals surface area (Å²) in [6.45, 7) is 0.